The smallest absolute Gasteiger partial charge is 0.378 e. The van der Waals surface area contributed by atoms with E-state index in [1.807, 2.05) is 24.3 Å². The number of benzene rings is 3. The number of carbonyl (C=O) groups is 1. The number of halogens is 3. The topological polar surface area (TPSA) is 87.8 Å². The fourth-order valence-corrected chi connectivity index (χ4v) is 8.59. The van der Waals surface area contributed by atoms with E-state index in [1.165, 1.54) is 11.1 Å². The number of rotatable bonds is 7. The number of aromatic nitrogens is 3. The van der Waals surface area contributed by atoms with Crippen molar-refractivity contribution in [2.75, 3.05) is 62.4 Å². The van der Waals surface area contributed by atoms with Crippen molar-refractivity contribution in [3.8, 4) is 11.3 Å². The fraction of sp³-hybridized carbons (Fsp3) is 0.378. The minimum absolute atomic E-state index is 0.0714. The van der Waals surface area contributed by atoms with Crippen molar-refractivity contribution in [1.82, 2.24) is 19.6 Å². The van der Waals surface area contributed by atoms with Crippen LogP contribution in [0.4, 0.5) is 24.5 Å². The van der Waals surface area contributed by atoms with Crippen molar-refractivity contribution in [2.24, 2.45) is 11.0 Å². The highest BCUT2D eigenvalue weighted by molar-refractivity contribution is 6.09. The molecule has 5 aromatic rings. The van der Waals surface area contributed by atoms with Gasteiger partial charge in [0.1, 0.15) is 0 Å². The third-order valence-electron chi connectivity index (χ3n) is 11.7. The molecule has 3 fully saturated rings. The normalized spacial score (nSPS) is 20.9. The van der Waals surface area contributed by atoms with E-state index in [1.54, 1.807) is 12.1 Å². The summed E-state index contributed by atoms with van der Waals surface area (Å²) in [7, 11) is 0. The van der Waals surface area contributed by atoms with E-state index in [0.717, 1.165) is 95.4 Å². The summed E-state index contributed by atoms with van der Waals surface area (Å²) in [5.74, 6) is -0.436. The standard InChI is InChI=1S/C45H46F3N7O3/c1-29(2)31-8-10-32(11-9-31)38-27-40(45(46,47)48)54-41(49-38)28-39(50-54)44(56)55-43(33-12-16-36(17-13-33)53-20-24-58-25-21-53)37-5-3-4-34(42(37)51-55)26-30-6-14-35(15-7-30)52-18-22-57-23-19-52/h6-17,26-29,37,43H,3-5,18-25H2,1-2H3/b34-26-/t37-,43-/m0/s1. The molecule has 0 radical (unpaired) electrons. The molecule has 300 valence electrons. The summed E-state index contributed by atoms with van der Waals surface area (Å²) < 4.78 is 55.8. The van der Waals surface area contributed by atoms with E-state index < -0.39 is 23.8 Å². The number of amides is 1. The number of hydrogen-bond acceptors (Lipinski definition) is 8. The van der Waals surface area contributed by atoms with Gasteiger partial charge in [-0.05, 0) is 83.9 Å². The van der Waals surface area contributed by atoms with Gasteiger partial charge in [0.15, 0.2) is 17.0 Å². The number of hydrazone groups is 1. The zero-order valence-corrected chi connectivity index (χ0v) is 32.7. The number of hydrogen-bond donors (Lipinski definition) is 0. The summed E-state index contributed by atoms with van der Waals surface area (Å²) >= 11 is 0. The molecule has 9 rings (SSSR count). The molecule has 2 atom stereocenters. The van der Waals surface area contributed by atoms with Crippen LogP contribution in [0.25, 0.3) is 23.0 Å². The van der Waals surface area contributed by atoms with E-state index >= 15 is 0 Å². The molecule has 13 heteroatoms. The summed E-state index contributed by atoms with van der Waals surface area (Å²) in [4.78, 5) is 23.9. The van der Waals surface area contributed by atoms with Crippen molar-refractivity contribution < 1.29 is 27.4 Å². The van der Waals surface area contributed by atoms with Crippen LogP contribution < -0.4 is 9.80 Å². The summed E-state index contributed by atoms with van der Waals surface area (Å²) in [6.07, 6.45) is -0.108. The Morgan fingerprint density at radius 3 is 2.05 bits per heavy atom. The number of fused-ring (bicyclic) bond motifs is 2. The number of nitrogens with zero attached hydrogens (tertiary/aromatic N) is 7. The lowest BCUT2D eigenvalue weighted by Gasteiger charge is -2.31. The van der Waals surface area contributed by atoms with Gasteiger partial charge in [-0.1, -0.05) is 62.4 Å². The summed E-state index contributed by atoms with van der Waals surface area (Å²) in [5.41, 5.74) is 6.52. The number of alkyl halides is 3. The first-order valence-electron chi connectivity index (χ1n) is 20.2. The number of allylic oxidation sites excluding steroid dienone is 1. The minimum Gasteiger partial charge on any atom is -0.378 e. The summed E-state index contributed by atoms with van der Waals surface area (Å²) in [6, 6.07) is 25.9. The van der Waals surface area contributed by atoms with Gasteiger partial charge < -0.3 is 19.3 Å². The molecule has 4 aliphatic rings. The molecule has 2 saturated heterocycles. The van der Waals surface area contributed by atoms with Crippen LogP contribution in [-0.4, -0.2) is 83.8 Å². The van der Waals surface area contributed by atoms with E-state index in [0.29, 0.717) is 32.0 Å². The molecule has 1 aliphatic carbocycles. The second-order valence-corrected chi connectivity index (χ2v) is 15.7. The molecule has 2 aromatic heterocycles. The molecule has 58 heavy (non-hydrogen) atoms. The van der Waals surface area contributed by atoms with Crippen molar-refractivity contribution in [3.05, 3.63) is 119 Å². The van der Waals surface area contributed by atoms with Gasteiger partial charge in [-0.25, -0.2) is 14.5 Å². The zero-order chi connectivity index (χ0) is 40.0. The van der Waals surface area contributed by atoms with E-state index in [-0.39, 0.29) is 28.9 Å². The Kier molecular flexibility index (Phi) is 10.3. The molecule has 5 heterocycles. The third kappa shape index (κ3) is 7.48. The predicted octanol–water partition coefficient (Wildman–Crippen LogP) is 8.65. The van der Waals surface area contributed by atoms with Crippen LogP contribution >= 0.6 is 0 Å². The molecular formula is C45H46F3N7O3. The van der Waals surface area contributed by atoms with E-state index in [4.69, 9.17) is 14.6 Å². The summed E-state index contributed by atoms with van der Waals surface area (Å²) in [6.45, 7) is 10.1. The Morgan fingerprint density at radius 2 is 1.45 bits per heavy atom. The number of morpholine rings is 2. The predicted molar refractivity (Wildman–Crippen MR) is 218 cm³/mol. The summed E-state index contributed by atoms with van der Waals surface area (Å²) in [5, 5.41) is 10.8. The molecule has 0 spiro atoms. The van der Waals surface area contributed by atoms with Gasteiger partial charge in [0.25, 0.3) is 5.91 Å². The number of ether oxygens (including phenoxy) is 2. The second-order valence-electron chi connectivity index (χ2n) is 15.7. The SMILES string of the molecule is CC(C)c1ccc(-c2cc(C(F)(F)F)n3nc(C(=O)N4N=C5/C(=C\c6ccc(N7CCOCC7)cc6)CCC[C@@H]5[C@@H]4c4ccc(N5CCOCC5)cc4)cc3n2)cc1. The van der Waals surface area contributed by atoms with Gasteiger partial charge in [-0.3, -0.25) is 4.79 Å². The van der Waals surface area contributed by atoms with Gasteiger partial charge >= 0.3 is 6.18 Å². The molecular weight excluding hydrogens is 744 g/mol. The Balaban J connectivity index is 1.09. The van der Waals surface area contributed by atoms with Crippen molar-refractivity contribution in [3.63, 3.8) is 0 Å². The van der Waals surface area contributed by atoms with E-state index in [9.17, 15) is 18.0 Å². The average Bonchev–Trinajstić information content (AvgIpc) is 3.87. The van der Waals surface area contributed by atoms with Crippen molar-refractivity contribution in [1.29, 1.82) is 0 Å². The number of anilines is 2. The second kappa shape index (κ2) is 15.7. The highest BCUT2D eigenvalue weighted by Gasteiger charge is 2.45. The molecule has 0 bridgehead atoms. The molecule has 3 aliphatic heterocycles. The van der Waals surface area contributed by atoms with Gasteiger partial charge in [-0.2, -0.15) is 23.4 Å². The largest absolute Gasteiger partial charge is 0.433 e. The Morgan fingerprint density at radius 1 is 0.828 bits per heavy atom. The van der Waals surface area contributed by atoms with Crippen LogP contribution in [0.3, 0.4) is 0 Å². The minimum atomic E-state index is -4.76. The molecule has 3 aromatic carbocycles. The Labute approximate surface area is 335 Å². The Hall–Kier alpha value is -5.53. The van der Waals surface area contributed by atoms with Gasteiger partial charge in [-0.15, -0.1) is 0 Å². The third-order valence-corrected chi connectivity index (χ3v) is 11.7. The van der Waals surface area contributed by atoms with Crippen LogP contribution in [0.5, 0.6) is 0 Å². The lowest BCUT2D eigenvalue weighted by Crippen LogP contribution is -2.36. The molecule has 10 nitrogen and oxygen atoms in total. The van der Waals surface area contributed by atoms with Crippen LogP contribution in [0.15, 0.2) is 95.6 Å². The zero-order valence-electron chi connectivity index (χ0n) is 32.7. The van der Waals surface area contributed by atoms with Crippen molar-refractivity contribution in [2.45, 2.75) is 51.2 Å². The Bertz CT molecular complexity index is 2340. The van der Waals surface area contributed by atoms with Gasteiger partial charge in [0.05, 0.1) is 43.9 Å². The van der Waals surface area contributed by atoms with Crippen molar-refractivity contribution >= 4 is 34.7 Å². The van der Waals surface area contributed by atoms with Crippen LogP contribution in [0.2, 0.25) is 0 Å². The fourth-order valence-electron chi connectivity index (χ4n) is 8.59. The van der Waals surface area contributed by atoms with Gasteiger partial charge in [0, 0.05) is 55.1 Å². The van der Waals surface area contributed by atoms with Crippen LogP contribution in [0.1, 0.15) is 77.9 Å². The maximum absolute atomic E-state index is 14.7. The number of carbonyl (C=O) groups excluding carboxylic acids is 1. The first-order chi connectivity index (χ1) is 28.1. The lowest BCUT2D eigenvalue weighted by atomic mass is 9.77. The lowest BCUT2D eigenvalue weighted by molar-refractivity contribution is -0.142. The first-order valence-corrected chi connectivity index (χ1v) is 20.2. The highest BCUT2D eigenvalue weighted by atomic mass is 19.4. The monoisotopic (exact) mass is 789 g/mol. The van der Waals surface area contributed by atoms with Crippen LogP contribution in [0, 0.1) is 5.92 Å². The highest BCUT2D eigenvalue weighted by Crippen LogP contribution is 2.45. The van der Waals surface area contributed by atoms with Crippen LogP contribution in [-0.2, 0) is 15.7 Å². The van der Waals surface area contributed by atoms with E-state index in [2.05, 4.69) is 76.2 Å². The molecule has 0 unspecified atom stereocenters. The maximum atomic E-state index is 14.7. The molecule has 1 saturated carbocycles. The average molecular weight is 790 g/mol. The quantitative estimate of drug-likeness (QED) is 0.163. The molecule has 0 N–H and O–H groups in total. The first kappa shape index (κ1) is 38.0. The van der Waals surface area contributed by atoms with Gasteiger partial charge in [0.2, 0.25) is 0 Å². The molecule has 1 amide bonds. The maximum Gasteiger partial charge on any atom is 0.433 e.